The van der Waals surface area contributed by atoms with E-state index in [4.69, 9.17) is 0 Å². The molecule has 14 heavy (non-hydrogen) atoms. The van der Waals surface area contributed by atoms with Gasteiger partial charge in [-0.2, -0.15) is 0 Å². The molecule has 2 fully saturated rings. The van der Waals surface area contributed by atoms with Crippen molar-refractivity contribution in [1.29, 1.82) is 0 Å². The standard InChI is InChI=1S/C9H16N2O.C2H6/c1-10-4-5-11(7-12)6-9(10)8-2-3-8;1-2/h7-9H,2-6H2,1H3;1-2H3. The van der Waals surface area contributed by atoms with Gasteiger partial charge in [-0.25, -0.2) is 0 Å². The number of hydrogen-bond acceptors (Lipinski definition) is 2. The second-order valence-electron chi connectivity index (χ2n) is 3.99. The first-order valence-electron chi connectivity index (χ1n) is 5.71. The lowest BCUT2D eigenvalue weighted by atomic mass is 10.1. The second kappa shape index (κ2) is 5.35. The Kier molecular flexibility index (Phi) is 4.39. The van der Waals surface area contributed by atoms with Gasteiger partial charge in [-0.15, -0.1) is 0 Å². The van der Waals surface area contributed by atoms with Gasteiger partial charge in [0.1, 0.15) is 0 Å². The summed E-state index contributed by atoms with van der Waals surface area (Å²) in [6, 6.07) is 0.643. The predicted molar refractivity (Wildman–Crippen MR) is 58.1 cm³/mol. The van der Waals surface area contributed by atoms with E-state index in [1.807, 2.05) is 18.7 Å². The third-order valence-corrected chi connectivity index (χ3v) is 3.04. The van der Waals surface area contributed by atoms with Crippen molar-refractivity contribution in [3.8, 4) is 0 Å². The molecule has 0 N–H and O–H groups in total. The molecule has 0 aromatic heterocycles. The molecule has 1 saturated heterocycles. The average molecular weight is 198 g/mol. The number of piperazine rings is 1. The van der Waals surface area contributed by atoms with Crippen LogP contribution in [0.25, 0.3) is 0 Å². The van der Waals surface area contributed by atoms with Gasteiger partial charge in [-0.3, -0.25) is 9.69 Å². The molecule has 3 heteroatoms. The molecule has 1 amide bonds. The maximum Gasteiger partial charge on any atom is 0.209 e. The summed E-state index contributed by atoms with van der Waals surface area (Å²) < 4.78 is 0. The fourth-order valence-corrected chi connectivity index (χ4v) is 2.01. The Bertz CT molecular complexity index is 180. The summed E-state index contributed by atoms with van der Waals surface area (Å²) in [6.45, 7) is 6.90. The summed E-state index contributed by atoms with van der Waals surface area (Å²) >= 11 is 0. The molecule has 2 rings (SSSR count). The third kappa shape index (κ3) is 2.71. The Labute approximate surface area is 87.1 Å². The SMILES string of the molecule is CC.CN1CCN(C=O)CC1C1CC1. The van der Waals surface area contributed by atoms with Gasteiger partial charge in [-0.05, 0) is 25.8 Å². The molecule has 1 unspecified atom stereocenters. The monoisotopic (exact) mass is 198 g/mol. The second-order valence-corrected chi connectivity index (χ2v) is 3.99. The molecule has 1 heterocycles. The summed E-state index contributed by atoms with van der Waals surface area (Å²) in [7, 11) is 2.17. The maximum atomic E-state index is 10.6. The molecular formula is C11H22N2O. The molecular weight excluding hydrogens is 176 g/mol. The fraction of sp³-hybridized carbons (Fsp3) is 0.909. The molecule has 0 spiro atoms. The number of hydrogen-bond donors (Lipinski definition) is 0. The zero-order chi connectivity index (χ0) is 10.6. The van der Waals surface area contributed by atoms with Gasteiger partial charge >= 0.3 is 0 Å². The minimum Gasteiger partial charge on any atom is -0.342 e. The first kappa shape index (κ1) is 11.5. The van der Waals surface area contributed by atoms with Crippen LogP contribution in [0, 0.1) is 5.92 Å². The first-order chi connectivity index (χ1) is 6.81. The van der Waals surface area contributed by atoms with E-state index in [9.17, 15) is 4.79 Å². The largest absolute Gasteiger partial charge is 0.342 e. The van der Waals surface area contributed by atoms with Crippen LogP contribution in [0.15, 0.2) is 0 Å². The van der Waals surface area contributed by atoms with Crippen molar-refractivity contribution >= 4 is 6.41 Å². The Balaban J connectivity index is 0.000000461. The molecule has 1 atom stereocenters. The smallest absolute Gasteiger partial charge is 0.209 e. The van der Waals surface area contributed by atoms with Crippen LogP contribution in [0.3, 0.4) is 0 Å². The first-order valence-corrected chi connectivity index (χ1v) is 5.71. The van der Waals surface area contributed by atoms with E-state index in [0.717, 1.165) is 32.0 Å². The van der Waals surface area contributed by atoms with Crippen molar-refractivity contribution in [2.24, 2.45) is 5.92 Å². The van der Waals surface area contributed by atoms with Gasteiger partial charge in [0.05, 0.1) is 0 Å². The highest BCUT2D eigenvalue weighted by atomic mass is 16.1. The number of carbonyl (C=O) groups is 1. The van der Waals surface area contributed by atoms with E-state index in [-0.39, 0.29) is 0 Å². The van der Waals surface area contributed by atoms with Gasteiger partial charge < -0.3 is 4.90 Å². The lowest BCUT2D eigenvalue weighted by Crippen LogP contribution is -2.51. The van der Waals surface area contributed by atoms with Crippen LogP contribution in [-0.2, 0) is 4.79 Å². The molecule has 0 bridgehead atoms. The van der Waals surface area contributed by atoms with Crippen molar-refractivity contribution in [2.45, 2.75) is 32.7 Å². The van der Waals surface area contributed by atoms with E-state index in [1.54, 1.807) is 0 Å². The maximum absolute atomic E-state index is 10.6. The van der Waals surface area contributed by atoms with Crippen LogP contribution in [0.5, 0.6) is 0 Å². The molecule has 0 radical (unpaired) electrons. The molecule has 2 aliphatic rings. The average Bonchev–Trinajstić information content (AvgIpc) is 3.05. The van der Waals surface area contributed by atoms with E-state index < -0.39 is 0 Å². The van der Waals surface area contributed by atoms with Gasteiger partial charge in [0.2, 0.25) is 6.41 Å². The highest BCUT2D eigenvalue weighted by Crippen LogP contribution is 2.36. The summed E-state index contributed by atoms with van der Waals surface area (Å²) in [5.74, 6) is 0.873. The lowest BCUT2D eigenvalue weighted by molar-refractivity contribution is -0.120. The van der Waals surface area contributed by atoms with E-state index >= 15 is 0 Å². The van der Waals surface area contributed by atoms with Crippen molar-refractivity contribution in [2.75, 3.05) is 26.7 Å². The predicted octanol–water partition coefficient (Wildman–Crippen LogP) is 1.19. The molecule has 82 valence electrons. The molecule has 3 nitrogen and oxygen atoms in total. The number of nitrogens with zero attached hydrogens (tertiary/aromatic N) is 2. The van der Waals surface area contributed by atoms with Crippen LogP contribution >= 0.6 is 0 Å². The zero-order valence-corrected chi connectivity index (χ0v) is 9.57. The van der Waals surface area contributed by atoms with Gasteiger partial charge in [-0.1, -0.05) is 13.8 Å². The van der Waals surface area contributed by atoms with Gasteiger partial charge in [0, 0.05) is 25.7 Å². The third-order valence-electron chi connectivity index (χ3n) is 3.04. The Hall–Kier alpha value is -0.570. The molecule has 1 saturated carbocycles. The van der Waals surface area contributed by atoms with Gasteiger partial charge in [0.25, 0.3) is 0 Å². The summed E-state index contributed by atoms with van der Waals surface area (Å²) in [4.78, 5) is 14.9. The number of rotatable bonds is 2. The topological polar surface area (TPSA) is 23.6 Å². The van der Waals surface area contributed by atoms with E-state index in [2.05, 4.69) is 11.9 Å². The lowest BCUT2D eigenvalue weighted by Gasteiger charge is -2.37. The zero-order valence-electron chi connectivity index (χ0n) is 9.57. The van der Waals surface area contributed by atoms with E-state index in [0.29, 0.717) is 6.04 Å². The van der Waals surface area contributed by atoms with Gasteiger partial charge in [0.15, 0.2) is 0 Å². The van der Waals surface area contributed by atoms with Crippen molar-refractivity contribution < 1.29 is 4.79 Å². The number of carbonyl (C=O) groups excluding carboxylic acids is 1. The normalized spacial score (nSPS) is 27.9. The minimum absolute atomic E-state index is 0.643. The minimum atomic E-state index is 0.643. The van der Waals surface area contributed by atoms with Crippen LogP contribution in [0.1, 0.15) is 26.7 Å². The van der Waals surface area contributed by atoms with Crippen molar-refractivity contribution in [1.82, 2.24) is 9.80 Å². The van der Waals surface area contributed by atoms with Crippen molar-refractivity contribution in [3.63, 3.8) is 0 Å². The number of likely N-dealkylation sites (N-methyl/N-ethyl adjacent to an activating group) is 1. The summed E-state index contributed by atoms with van der Waals surface area (Å²) in [5.41, 5.74) is 0. The highest BCUT2D eigenvalue weighted by molar-refractivity contribution is 5.47. The summed E-state index contributed by atoms with van der Waals surface area (Å²) in [6.07, 6.45) is 3.71. The molecule has 1 aliphatic heterocycles. The molecule has 1 aliphatic carbocycles. The number of amides is 1. The van der Waals surface area contributed by atoms with Crippen LogP contribution in [0.2, 0.25) is 0 Å². The van der Waals surface area contributed by atoms with Crippen molar-refractivity contribution in [3.05, 3.63) is 0 Å². The van der Waals surface area contributed by atoms with Crippen LogP contribution in [-0.4, -0.2) is 48.9 Å². The Morgan fingerprint density at radius 1 is 1.21 bits per heavy atom. The Morgan fingerprint density at radius 2 is 1.86 bits per heavy atom. The summed E-state index contributed by atoms with van der Waals surface area (Å²) in [5, 5.41) is 0. The fourth-order valence-electron chi connectivity index (χ4n) is 2.01. The van der Waals surface area contributed by atoms with Crippen LogP contribution in [0.4, 0.5) is 0 Å². The highest BCUT2D eigenvalue weighted by Gasteiger charge is 2.36. The molecule has 0 aromatic carbocycles. The van der Waals surface area contributed by atoms with E-state index in [1.165, 1.54) is 12.8 Å². The Morgan fingerprint density at radius 3 is 2.36 bits per heavy atom. The van der Waals surface area contributed by atoms with Crippen LogP contribution < -0.4 is 0 Å². The molecule has 0 aromatic rings. The quantitative estimate of drug-likeness (QED) is 0.622.